The molecule has 0 saturated carbocycles. The molecule has 4 heteroatoms. The molecular weight excluding hydrogens is 266 g/mol. The summed E-state index contributed by atoms with van der Waals surface area (Å²) in [5, 5.41) is 9.58. The second-order valence-corrected chi connectivity index (χ2v) is 7.34. The Morgan fingerprint density at radius 2 is 1.94 bits per heavy atom. The maximum absolute atomic E-state index is 12.2. The summed E-state index contributed by atoms with van der Waals surface area (Å²) in [7, 11) is -0.965. The highest BCUT2D eigenvalue weighted by molar-refractivity contribution is 7.85. The van der Waals surface area contributed by atoms with Crippen molar-refractivity contribution in [2.24, 2.45) is 5.41 Å². The molecule has 0 saturated heterocycles. The summed E-state index contributed by atoms with van der Waals surface area (Å²) in [5.74, 6) is 0.546. The Bertz CT molecular complexity index is 462. The van der Waals surface area contributed by atoms with Crippen LogP contribution in [0.5, 0.6) is 0 Å². The van der Waals surface area contributed by atoms with Gasteiger partial charge >= 0.3 is 0 Å². The van der Waals surface area contributed by atoms with Crippen molar-refractivity contribution in [2.75, 3.05) is 5.75 Å². The van der Waals surface area contributed by atoms with Gasteiger partial charge in [0.2, 0.25) is 0 Å². The molecule has 0 aliphatic heterocycles. The third kappa shape index (κ3) is 4.44. The molecule has 1 rings (SSSR count). The van der Waals surface area contributed by atoms with E-state index in [1.54, 1.807) is 0 Å². The predicted octanol–water partition coefficient (Wildman–Crippen LogP) is 4.09. The first-order valence-corrected chi connectivity index (χ1v) is 7.65. The minimum absolute atomic E-state index is 0.0308. The van der Waals surface area contributed by atoms with Crippen molar-refractivity contribution < 1.29 is 4.21 Å². The van der Waals surface area contributed by atoms with Crippen LogP contribution in [0.2, 0.25) is 5.02 Å². The van der Waals surface area contributed by atoms with Gasteiger partial charge in [0.25, 0.3) is 0 Å². The van der Waals surface area contributed by atoms with E-state index in [0.717, 1.165) is 5.56 Å². The van der Waals surface area contributed by atoms with Crippen LogP contribution in [0.1, 0.15) is 38.0 Å². The molecule has 2 unspecified atom stereocenters. The van der Waals surface area contributed by atoms with Crippen LogP contribution in [0, 0.1) is 16.7 Å². The van der Waals surface area contributed by atoms with Crippen molar-refractivity contribution >= 4 is 22.4 Å². The molecular formula is C14H18ClNOS. The molecule has 2 nitrogen and oxygen atoms in total. The predicted molar refractivity (Wildman–Crippen MR) is 76.9 cm³/mol. The van der Waals surface area contributed by atoms with Crippen LogP contribution in [0.25, 0.3) is 0 Å². The summed E-state index contributed by atoms with van der Waals surface area (Å²) in [6.07, 6.45) is 0.647. The average molecular weight is 284 g/mol. The van der Waals surface area contributed by atoms with Gasteiger partial charge < -0.3 is 0 Å². The fraction of sp³-hybridized carbons (Fsp3) is 0.500. The zero-order valence-electron chi connectivity index (χ0n) is 10.9. The minimum Gasteiger partial charge on any atom is -0.259 e. The summed E-state index contributed by atoms with van der Waals surface area (Å²) >= 11 is 5.82. The van der Waals surface area contributed by atoms with Gasteiger partial charge in [-0.3, -0.25) is 4.21 Å². The van der Waals surface area contributed by atoms with Crippen LogP contribution in [0.15, 0.2) is 24.3 Å². The Kier molecular flexibility index (Phi) is 5.37. The van der Waals surface area contributed by atoms with Gasteiger partial charge in [-0.15, -0.1) is 0 Å². The number of rotatable bonds is 5. The summed E-state index contributed by atoms with van der Waals surface area (Å²) in [6.45, 7) is 5.69. The van der Waals surface area contributed by atoms with Crippen LogP contribution in [0.3, 0.4) is 0 Å². The molecule has 0 heterocycles. The number of halogens is 1. The Labute approximate surface area is 116 Å². The molecule has 0 amide bonds. The lowest BCUT2D eigenvalue weighted by atomic mass is 9.93. The number of nitriles is 1. The van der Waals surface area contributed by atoms with Gasteiger partial charge in [0.05, 0.1) is 16.7 Å². The lowest BCUT2D eigenvalue weighted by Crippen LogP contribution is -2.15. The third-order valence-corrected chi connectivity index (χ3v) is 4.88. The lowest BCUT2D eigenvalue weighted by Gasteiger charge is -2.17. The van der Waals surface area contributed by atoms with Gasteiger partial charge in [-0.2, -0.15) is 5.26 Å². The lowest BCUT2D eigenvalue weighted by molar-refractivity contribution is 0.478. The van der Waals surface area contributed by atoms with E-state index < -0.39 is 16.2 Å². The molecule has 0 fully saturated rings. The molecule has 18 heavy (non-hydrogen) atoms. The zero-order chi connectivity index (χ0) is 13.8. The van der Waals surface area contributed by atoms with E-state index in [-0.39, 0.29) is 5.25 Å². The molecule has 0 aromatic heterocycles. The van der Waals surface area contributed by atoms with Crippen molar-refractivity contribution in [1.82, 2.24) is 0 Å². The molecule has 0 spiro atoms. The Morgan fingerprint density at radius 1 is 1.39 bits per heavy atom. The second-order valence-electron chi connectivity index (χ2n) is 5.02. The number of nitrogens with zero attached hydrogens (tertiary/aromatic N) is 1. The van der Waals surface area contributed by atoms with E-state index in [0.29, 0.717) is 17.2 Å². The molecule has 98 valence electrons. The van der Waals surface area contributed by atoms with Gasteiger partial charge in [0, 0.05) is 21.6 Å². The fourth-order valence-electron chi connectivity index (χ4n) is 1.47. The first-order valence-electron chi connectivity index (χ1n) is 5.89. The number of hydrogen-bond donors (Lipinski definition) is 0. The van der Waals surface area contributed by atoms with Crippen molar-refractivity contribution in [2.45, 2.75) is 32.4 Å². The molecule has 0 radical (unpaired) electrons. The molecule has 0 aliphatic carbocycles. The first kappa shape index (κ1) is 15.2. The van der Waals surface area contributed by atoms with Crippen LogP contribution in [-0.4, -0.2) is 9.96 Å². The number of hydrogen-bond acceptors (Lipinski definition) is 2. The quantitative estimate of drug-likeness (QED) is 0.817. The van der Waals surface area contributed by atoms with Crippen molar-refractivity contribution in [3.63, 3.8) is 0 Å². The Balaban J connectivity index is 2.63. The third-order valence-electron chi connectivity index (χ3n) is 2.96. The highest BCUT2D eigenvalue weighted by Gasteiger charge is 2.20. The summed E-state index contributed by atoms with van der Waals surface area (Å²) < 4.78 is 12.2. The van der Waals surface area contributed by atoms with E-state index in [1.165, 1.54) is 0 Å². The standard InChI is InChI=1S/C14H18ClNOS/c1-11(12-4-6-13(15)7-5-12)18(17)9-8-14(2,3)10-16/h4-7,11H,8-9H2,1-3H3. The van der Waals surface area contributed by atoms with Gasteiger partial charge in [-0.1, -0.05) is 23.7 Å². The SMILES string of the molecule is CC(c1ccc(Cl)cc1)S(=O)CCC(C)(C)C#N. The topological polar surface area (TPSA) is 40.9 Å². The summed E-state index contributed by atoms with van der Waals surface area (Å²) in [5.41, 5.74) is 0.613. The molecule has 1 aromatic rings. The smallest absolute Gasteiger partial charge is 0.0684 e. The molecule has 1 aromatic carbocycles. The largest absolute Gasteiger partial charge is 0.259 e. The Morgan fingerprint density at radius 3 is 2.44 bits per heavy atom. The van der Waals surface area contributed by atoms with E-state index >= 15 is 0 Å². The average Bonchev–Trinajstić information content (AvgIpc) is 2.36. The molecule has 0 aliphatic rings. The van der Waals surface area contributed by atoms with Gasteiger partial charge in [0.15, 0.2) is 0 Å². The molecule has 0 bridgehead atoms. The van der Waals surface area contributed by atoms with Gasteiger partial charge in [0.1, 0.15) is 0 Å². The monoisotopic (exact) mass is 283 g/mol. The Hall–Kier alpha value is -0.850. The van der Waals surface area contributed by atoms with E-state index in [4.69, 9.17) is 16.9 Å². The maximum Gasteiger partial charge on any atom is 0.0684 e. The second kappa shape index (κ2) is 6.36. The normalized spacial score (nSPS) is 14.8. The van der Waals surface area contributed by atoms with E-state index in [9.17, 15) is 4.21 Å². The van der Waals surface area contributed by atoms with Crippen LogP contribution in [-0.2, 0) is 10.8 Å². The zero-order valence-corrected chi connectivity index (χ0v) is 12.5. The van der Waals surface area contributed by atoms with Crippen LogP contribution < -0.4 is 0 Å². The van der Waals surface area contributed by atoms with Gasteiger partial charge in [-0.05, 0) is 44.9 Å². The fourth-order valence-corrected chi connectivity index (χ4v) is 3.13. The molecule has 0 N–H and O–H groups in total. The van der Waals surface area contributed by atoms with Crippen molar-refractivity contribution in [3.8, 4) is 6.07 Å². The van der Waals surface area contributed by atoms with Crippen LogP contribution in [0.4, 0.5) is 0 Å². The number of benzene rings is 1. The first-order chi connectivity index (χ1) is 8.35. The summed E-state index contributed by atoms with van der Waals surface area (Å²) in [6, 6.07) is 9.66. The highest BCUT2D eigenvalue weighted by atomic mass is 35.5. The van der Waals surface area contributed by atoms with E-state index in [2.05, 4.69) is 6.07 Å². The highest BCUT2D eigenvalue weighted by Crippen LogP contribution is 2.25. The van der Waals surface area contributed by atoms with E-state index in [1.807, 2.05) is 45.0 Å². The van der Waals surface area contributed by atoms with Crippen molar-refractivity contribution in [3.05, 3.63) is 34.9 Å². The minimum atomic E-state index is -0.965. The summed E-state index contributed by atoms with van der Waals surface area (Å²) in [4.78, 5) is 0. The van der Waals surface area contributed by atoms with Crippen LogP contribution >= 0.6 is 11.6 Å². The molecule has 2 atom stereocenters. The maximum atomic E-state index is 12.2. The van der Waals surface area contributed by atoms with Crippen molar-refractivity contribution in [1.29, 1.82) is 5.26 Å². The van der Waals surface area contributed by atoms with Gasteiger partial charge in [-0.25, -0.2) is 0 Å².